The zero-order valence-corrected chi connectivity index (χ0v) is 11.3. The summed E-state index contributed by atoms with van der Waals surface area (Å²) in [7, 11) is 0. The molecule has 0 aliphatic rings. The van der Waals surface area contributed by atoms with E-state index in [-0.39, 0.29) is 12.0 Å². The third-order valence-corrected chi connectivity index (χ3v) is 3.75. The normalized spacial score (nSPS) is 14.9. The highest BCUT2D eigenvalue weighted by Gasteiger charge is 2.25. The van der Waals surface area contributed by atoms with Crippen LogP contribution in [0.25, 0.3) is 0 Å². The summed E-state index contributed by atoms with van der Waals surface area (Å²) in [6, 6.07) is 7.59. The number of hydrogen-bond donors (Lipinski definition) is 2. The molecule has 0 fully saturated rings. The van der Waals surface area contributed by atoms with Gasteiger partial charge in [-0.1, -0.05) is 50.4 Å². The summed E-state index contributed by atoms with van der Waals surface area (Å²) in [5.74, 6) is 0.302. The molecule has 3 N–H and O–H groups in total. The molecule has 0 bridgehead atoms. The standard InChI is InChI=1S/C14H22ClNO/c1-3-10(4-2)14(17)13(9-16)11-5-7-12(15)8-6-11/h5-8,10,13-14,17H,3-4,9,16H2,1-2H3. The first-order valence-corrected chi connectivity index (χ1v) is 6.65. The van der Waals surface area contributed by atoms with Crippen molar-refractivity contribution in [3.63, 3.8) is 0 Å². The van der Waals surface area contributed by atoms with E-state index in [1.807, 2.05) is 24.3 Å². The van der Waals surface area contributed by atoms with Crippen LogP contribution in [0.4, 0.5) is 0 Å². The molecule has 3 heteroatoms. The number of hydrogen-bond acceptors (Lipinski definition) is 2. The van der Waals surface area contributed by atoms with Crippen LogP contribution >= 0.6 is 11.6 Å². The lowest BCUT2D eigenvalue weighted by atomic mass is 9.83. The van der Waals surface area contributed by atoms with E-state index < -0.39 is 0 Å². The highest BCUT2D eigenvalue weighted by Crippen LogP contribution is 2.28. The summed E-state index contributed by atoms with van der Waals surface area (Å²) in [6.45, 7) is 4.67. The lowest BCUT2D eigenvalue weighted by Crippen LogP contribution is -2.32. The molecule has 0 spiro atoms. The molecule has 0 saturated heterocycles. The minimum Gasteiger partial charge on any atom is -0.392 e. The minimum atomic E-state index is -0.379. The third-order valence-electron chi connectivity index (χ3n) is 3.50. The van der Waals surface area contributed by atoms with Crippen molar-refractivity contribution >= 4 is 11.6 Å². The van der Waals surface area contributed by atoms with Gasteiger partial charge in [-0.05, 0) is 23.6 Å². The maximum Gasteiger partial charge on any atom is 0.0648 e. The lowest BCUT2D eigenvalue weighted by Gasteiger charge is -2.28. The number of aliphatic hydroxyl groups is 1. The van der Waals surface area contributed by atoms with E-state index in [1.54, 1.807) is 0 Å². The predicted molar refractivity (Wildman–Crippen MR) is 73.3 cm³/mol. The van der Waals surface area contributed by atoms with Crippen molar-refractivity contribution in [2.45, 2.75) is 38.7 Å². The zero-order chi connectivity index (χ0) is 12.8. The Balaban J connectivity index is 2.86. The van der Waals surface area contributed by atoms with Crippen LogP contribution in [0.3, 0.4) is 0 Å². The van der Waals surface area contributed by atoms with E-state index in [1.165, 1.54) is 0 Å². The van der Waals surface area contributed by atoms with Crippen molar-refractivity contribution in [1.29, 1.82) is 0 Å². The van der Waals surface area contributed by atoms with Gasteiger partial charge in [0.1, 0.15) is 0 Å². The van der Waals surface area contributed by atoms with Crippen molar-refractivity contribution in [2.24, 2.45) is 11.7 Å². The fourth-order valence-electron chi connectivity index (χ4n) is 2.28. The second-order valence-electron chi connectivity index (χ2n) is 4.46. The van der Waals surface area contributed by atoms with Gasteiger partial charge >= 0.3 is 0 Å². The van der Waals surface area contributed by atoms with Crippen LogP contribution in [0.1, 0.15) is 38.2 Å². The summed E-state index contributed by atoms with van der Waals surface area (Å²) in [4.78, 5) is 0. The molecule has 1 rings (SSSR count). The first-order valence-electron chi connectivity index (χ1n) is 6.27. The molecule has 1 aromatic rings. The van der Waals surface area contributed by atoms with Gasteiger partial charge in [-0.2, -0.15) is 0 Å². The zero-order valence-electron chi connectivity index (χ0n) is 10.6. The molecule has 0 heterocycles. The van der Waals surface area contributed by atoms with E-state index in [9.17, 15) is 5.11 Å². The first kappa shape index (κ1) is 14.5. The van der Waals surface area contributed by atoms with Gasteiger partial charge in [-0.25, -0.2) is 0 Å². The quantitative estimate of drug-likeness (QED) is 0.820. The van der Waals surface area contributed by atoms with Gasteiger partial charge in [0, 0.05) is 17.5 Å². The summed E-state index contributed by atoms with van der Waals surface area (Å²) in [6.07, 6.45) is 1.57. The van der Waals surface area contributed by atoms with E-state index in [0.29, 0.717) is 17.5 Å². The Morgan fingerprint density at radius 3 is 2.12 bits per heavy atom. The van der Waals surface area contributed by atoms with Gasteiger partial charge in [0.2, 0.25) is 0 Å². The lowest BCUT2D eigenvalue weighted by molar-refractivity contribution is 0.0780. The number of benzene rings is 1. The Labute approximate surface area is 109 Å². The molecule has 96 valence electrons. The number of aliphatic hydroxyl groups excluding tert-OH is 1. The van der Waals surface area contributed by atoms with Gasteiger partial charge in [0.15, 0.2) is 0 Å². The van der Waals surface area contributed by atoms with Crippen LogP contribution < -0.4 is 5.73 Å². The number of nitrogens with two attached hydrogens (primary N) is 1. The summed E-state index contributed by atoms with van der Waals surface area (Å²) < 4.78 is 0. The predicted octanol–water partition coefficient (Wildman–Crippen LogP) is 3.18. The van der Waals surface area contributed by atoms with E-state index in [0.717, 1.165) is 18.4 Å². The van der Waals surface area contributed by atoms with Gasteiger partial charge in [-0.3, -0.25) is 0 Å². The minimum absolute atomic E-state index is 0.00262. The van der Waals surface area contributed by atoms with Gasteiger partial charge < -0.3 is 10.8 Å². The topological polar surface area (TPSA) is 46.2 Å². The molecule has 17 heavy (non-hydrogen) atoms. The van der Waals surface area contributed by atoms with Crippen molar-refractivity contribution in [3.05, 3.63) is 34.9 Å². The Morgan fingerprint density at radius 1 is 1.18 bits per heavy atom. The fraction of sp³-hybridized carbons (Fsp3) is 0.571. The highest BCUT2D eigenvalue weighted by atomic mass is 35.5. The van der Waals surface area contributed by atoms with Crippen LogP contribution in [0.2, 0.25) is 5.02 Å². The molecule has 0 aromatic heterocycles. The molecule has 0 radical (unpaired) electrons. The molecule has 0 aliphatic heterocycles. The Morgan fingerprint density at radius 2 is 1.71 bits per heavy atom. The molecule has 2 unspecified atom stereocenters. The molecule has 0 amide bonds. The van der Waals surface area contributed by atoms with Gasteiger partial charge in [0.25, 0.3) is 0 Å². The van der Waals surface area contributed by atoms with Gasteiger partial charge in [-0.15, -0.1) is 0 Å². The number of halogens is 1. The molecule has 1 aromatic carbocycles. The Bertz CT molecular complexity index is 321. The third kappa shape index (κ3) is 3.70. The monoisotopic (exact) mass is 255 g/mol. The smallest absolute Gasteiger partial charge is 0.0648 e. The average Bonchev–Trinajstić information content (AvgIpc) is 2.34. The molecule has 0 saturated carbocycles. The van der Waals surface area contributed by atoms with E-state index >= 15 is 0 Å². The van der Waals surface area contributed by atoms with Gasteiger partial charge in [0.05, 0.1) is 6.10 Å². The van der Waals surface area contributed by atoms with Crippen molar-refractivity contribution < 1.29 is 5.11 Å². The summed E-state index contributed by atoms with van der Waals surface area (Å²) >= 11 is 5.86. The maximum atomic E-state index is 10.4. The van der Waals surface area contributed by atoms with Crippen LogP contribution in [0.15, 0.2) is 24.3 Å². The van der Waals surface area contributed by atoms with E-state index in [2.05, 4.69) is 13.8 Å². The molecule has 0 aliphatic carbocycles. The summed E-state index contributed by atoms with van der Waals surface area (Å²) in [5, 5.41) is 11.1. The first-order chi connectivity index (χ1) is 8.13. The highest BCUT2D eigenvalue weighted by molar-refractivity contribution is 6.30. The fourth-order valence-corrected chi connectivity index (χ4v) is 2.41. The largest absolute Gasteiger partial charge is 0.392 e. The Hall–Kier alpha value is -0.570. The molecular weight excluding hydrogens is 234 g/mol. The van der Waals surface area contributed by atoms with Crippen molar-refractivity contribution in [3.8, 4) is 0 Å². The molecular formula is C14H22ClNO. The maximum absolute atomic E-state index is 10.4. The summed E-state index contributed by atoms with van der Waals surface area (Å²) in [5.41, 5.74) is 6.86. The van der Waals surface area contributed by atoms with Crippen molar-refractivity contribution in [2.75, 3.05) is 6.54 Å². The van der Waals surface area contributed by atoms with Crippen molar-refractivity contribution in [1.82, 2.24) is 0 Å². The van der Waals surface area contributed by atoms with Crippen LogP contribution in [-0.4, -0.2) is 17.8 Å². The van der Waals surface area contributed by atoms with E-state index in [4.69, 9.17) is 17.3 Å². The number of rotatable bonds is 6. The SMILES string of the molecule is CCC(CC)C(O)C(CN)c1ccc(Cl)cc1. The van der Waals surface area contributed by atoms with Crippen LogP contribution in [0.5, 0.6) is 0 Å². The Kier molecular flexibility index (Phi) is 5.96. The van der Waals surface area contributed by atoms with Crippen LogP contribution in [-0.2, 0) is 0 Å². The average molecular weight is 256 g/mol. The second-order valence-corrected chi connectivity index (χ2v) is 4.90. The van der Waals surface area contributed by atoms with Crippen LogP contribution in [0, 0.1) is 5.92 Å². The molecule has 2 atom stereocenters. The molecule has 2 nitrogen and oxygen atoms in total. The second kappa shape index (κ2) is 7.00.